The normalized spacial score (nSPS) is 11.4. The van der Waals surface area contributed by atoms with Gasteiger partial charge in [-0.1, -0.05) is 55.2 Å². The first-order valence-corrected chi connectivity index (χ1v) is 10.3. The van der Waals surface area contributed by atoms with Gasteiger partial charge in [0.1, 0.15) is 10.9 Å². The highest BCUT2D eigenvalue weighted by molar-refractivity contribution is 6.00. The number of hydrogen-bond donors (Lipinski definition) is 2. The van der Waals surface area contributed by atoms with Gasteiger partial charge in [-0.25, -0.2) is 4.57 Å². The number of anilines is 1. The molecule has 0 aliphatic rings. The molecular weight excluding hydrogens is 390 g/mol. The Bertz CT molecular complexity index is 1340. The van der Waals surface area contributed by atoms with Gasteiger partial charge in [-0.05, 0) is 30.5 Å². The van der Waals surface area contributed by atoms with Crippen molar-refractivity contribution < 1.29 is 9.36 Å². The molecular formula is C24H26N5O2+. The van der Waals surface area contributed by atoms with Crippen molar-refractivity contribution in [2.45, 2.75) is 27.3 Å². The van der Waals surface area contributed by atoms with Crippen LogP contribution in [0.3, 0.4) is 0 Å². The minimum atomic E-state index is -0.302. The molecule has 0 fully saturated rings. The fourth-order valence-electron chi connectivity index (χ4n) is 3.61. The molecule has 0 bridgehead atoms. The first kappa shape index (κ1) is 20.5. The Hall–Kier alpha value is -3.74. The fourth-order valence-corrected chi connectivity index (χ4v) is 3.61. The minimum absolute atomic E-state index is 0.233. The smallest absolute Gasteiger partial charge is 0.278 e. The third-order valence-electron chi connectivity index (χ3n) is 5.27. The lowest BCUT2D eigenvalue weighted by Gasteiger charge is -2.13. The van der Waals surface area contributed by atoms with Crippen molar-refractivity contribution in [1.29, 1.82) is 0 Å². The molecule has 0 radical (unpaired) electrons. The highest BCUT2D eigenvalue weighted by Crippen LogP contribution is 2.17. The van der Waals surface area contributed by atoms with E-state index >= 15 is 0 Å². The summed E-state index contributed by atoms with van der Waals surface area (Å²) >= 11 is 0. The summed E-state index contributed by atoms with van der Waals surface area (Å²) < 4.78 is 3.26. The second-order valence-corrected chi connectivity index (χ2v) is 8.16. The second-order valence-electron chi connectivity index (χ2n) is 8.16. The number of carbonyl (C=O) groups is 1. The predicted molar refractivity (Wildman–Crippen MR) is 121 cm³/mol. The van der Waals surface area contributed by atoms with Crippen molar-refractivity contribution in [2.24, 2.45) is 5.92 Å². The summed E-state index contributed by atoms with van der Waals surface area (Å²) in [4.78, 5) is 31.0. The third kappa shape index (κ3) is 3.86. The number of aryl methyl sites for hydroxylation is 1. The van der Waals surface area contributed by atoms with Crippen molar-refractivity contribution in [3.8, 4) is 0 Å². The molecule has 0 saturated carbocycles. The second kappa shape index (κ2) is 8.18. The molecule has 0 unspecified atom stereocenters. The number of benzene rings is 1. The van der Waals surface area contributed by atoms with Crippen molar-refractivity contribution in [2.75, 3.05) is 12.3 Å². The van der Waals surface area contributed by atoms with E-state index in [1.54, 1.807) is 16.8 Å². The Morgan fingerprint density at radius 3 is 2.65 bits per heavy atom. The van der Waals surface area contributed by atoms with E-state index in [-0.39, 0.29) is 22.8 Å². The van der Waals surface area contributed by atoms with Crippen molar-refractivity contribution >= 4 is 28.4 Å². The molecule has 0 atom stereocenters. The average molecular weight is 417 g/mol. The molecule has 4 aromatic rings. The van der Waals surface area contributed by atoms with Crippen LogP contribution < -0.4 is 21.2 Å². The maximum Gasteiger partial charge on any atom is 0.278 e. The van der Waals surface area contributed by atoms with Crippen LogP contribution in [0, 0.1) is 12.8 Å². The molecule has 4 rings (SSSR count). The Morgan fingerprint density at radius 1 is 1.19 bits per heavy atom. The maximum absolute atomic E-state index is 13.3. The molecule has 1 amide bonds. The van der Waals surface area contributed by atoms with Crippen LogP contribution in [0.5, 0.6) is 0 Å². The number of carbonyl (C=O) groups excluding carboxylic acids is 1. The van der Waals surface area contributed by atoms with Gasteiger partial charge in [0.25, 0.3) is 17.1 Å². The molecule has 0 aliphatic carbocycles. The largest absolute Gasteiger partial charge is 0.352 e. The van der Waals surface area contributed by atoms with Crippen LogP contribution in [0.2, 0.25) is 0 Å². The van der Waals surface area contributed by atoms with Crippen LogP contribution in [0.1, 0.15) is 35.3 Å². The number of nitrogen functional groups attached to an aromatic ring is 1. The van der Waals surface area contributed by atoms with Gasteiger partial charge in [0.2, 0.25) is 11.5 Å². The summed E-state index contributed by atoms with van der Waals surface area (Å²) in [5.74, 6) is 0.271. The minimum Gasteiger partial charge on any atom is -0.352 e. The average Bonchev–Trinajstić information content (AvgIpc) is 2.75. The SMILES string of the molecule is Cc1cccn2c(=O)c3cc(C(=O)NCC(C)C)c(N)[n+](Cc4ccccc4)c3nc12. The molecule has 3 aromatic heterocycles. The molecule has 0 saturated heterocycles. The van der Waals surface area contributed by atoms with Gasteiger partial charge in [-0.15, -0.1) is 0 Å². The predicted octanol–water partition coefficient (Wildman–Crippen LogP) is 2.46. The van der Waals surface area contributed by atoms with Gasteiger partial charge in [-0.3, -0.25) is 14.0 Å². The zero-order valence-electron chi connectivity index (χ0n) is 17.9. The summed E-state index contributed by atoms with van der Waals surface area (Å²) in [6, 6.07) is 15.0. The van der Waals surface area contributed by atoms with E-state index in [0.717, 1.165) is 11.1 Å². The summed E-state index contributed by atoms with van der Waals surface area (Å²) in [7, 11) is 0. The summed E-state index contributed by atoms with van der Waals surface area (Å²) in [6.07, 6.45) is 1.69. The fraction of sp³-hybridized carbons (Fsp3) is 0.250. The number of fused-ring (bicyclic) bond motifs is 2. The van der Waals surface area contributed by atoms with E-state index in [0.29, 0.717) is 35.7 Å². The number of amides is 1. The van der Waals surface area contributed by atoms with E-state index < -0.39 is 0 Å². The monoisotopic (exact) mass is 416 g/mol. The van der Waals surface area contributed by atoms with E-state index in [9.17, 15) is 9.59 Å². The van der Waals surface area contributed by atoms with Crippen molar-refractivity contribution in [1.82, 2.24) is 14.7 Å². The van der Waals surface area contributed by atoms with Crippen LogP contribution in [0.4, 0.5) is 5.82 Å². The first-order valence-electron chi connectivity index (χ1n) is 10.3. The number of hydrogen-bond acceptors (Lipinski definition) is 4. The molecule has 0 aliphatic heterocycles. The molecule has 3 N–H and O–H groups in total. The lowest BCUT2D eigenvalue weighted by molar-refractivity contribution is -0.649. The van der Waals surface area contributed by atoms with Gasteiger partial charge in [0, 0.05) is 18.3 Å². The van der Waals surface area contributed by atoms with E-state index in [4.69, 9.17) is 10.7 Å². The Kier molecular flexibility index (Phi) is 5.42. The Labute approximate surface area is 180 Å². The topological polar surface area (TPSA) is 93.4 Å². The van der Waals surface area contributed by atoms with Crippen LogP contribution in [-0.4, -0.2) is 21.8 Å². The number of nitrogens with one attached hydrogen (secondary N) is 1. The highest BCUT2D eigenvalue weighted by Gasteiger charge is 2.25. The van der Waals surface area contributed by atoms with Gasteiger partial charge < -0.3 is 11.1 Å². The number of rotatable bonds is 5. The lowest BCUT2D eigenvalue weighted by atomic mass is 10.1. The quantitative estimate of drug-likeness (QED) is 0.386. The Morgan fingerprint density at radius 2 is 1.94 bits per heavy atom. The Balaban J connectivity index is 2.01. The summed E-state index contributed by atoms with van der Waals surface area (Å²) in [5.41, 5.74) is 9.43. The molecule has 158 valence electrons. The van der Waals surface area contributed by atoms with Gasteiger partial charge in [-0.2, -0.15) is 0 Å². The zero-order valence-corrected chi connectivity index (χ0v) is 17.9. The van der Waals surface area contributed by atoms with Gasteiger partial charge >= 0.3 is 0 Å². The number of nitrogens with zero attached hydrogens (tertiary/aromatic N) is 3. The number of pyridine rings is 2. The molecule has 7 heteroatoms. The number of aromatic nitrogens is 3. The van der Waals surface area contributed by atoms with E-state index in [2.05, 4.69) is 5.32 Å². The van der Waals surface area contributed by atoms with Crippen molar-refractivity contribution in [3.05, 3.63) is 81.8 Å². The lowest BCUT2D eigenvalue weighted by Crippen LogP contribution is -2.43. The van der Waals surface area contributed by atoms with Gasteiger partial charge in [0.05, 0.1) is 6.54 Å². The summed E-state index contributed by atoms with van der Waals surface area (Å²) in [6.45, 7) is 6.85. The number of nitrogens with two attached hydrogens (primary N) is 1. The highest BCUT2D eigenvalue weighted by atomic mass is 16.1. The maximum atomic E-state index is 13.3. The molecule has 31 heavy (non-hydrogen) atoms. The molecule has 7 nitrogen and oxygen atoms in total. The third-order valence-corrected chi connectivity index (χ3v) is 5.27. The van der Waals surface area contributed by atoms with Crippen LogP contribution in [0.25, 0.3) is 16.7 Å². The molecule has 0 spiro atoms. The van der Waals surface area contributed by atoms with E-state index in [1.165, 1.54) is 4.40 Å². The van der Waals surface area contributed by atoms with Crippen LogP contribution in [-0.2, 0) is 6.54 Å². The summed E-state index contributed by atoms with van der Waals surface area (Å²) in [5, 5.41) is 3.25. The molecule has 1 aromatic carbocycles. The van der Waals surface area contributed by atoms with Crippen molar-refractivity contribution in [3.63, 3.8) is 0 Å². The first-order chi connectivity index (χ1) is 14.9. The van der Waals surface area contributed by atoms with Crippen LogP contribution in [0.15, 0.2) is 59.5 Å². The zero-order chi connectivity index (χ0) is 22.1. The standard InChI is InChI=1S/C24H25N5O2/c1-15(2)13-26-23(30)18-12-19-22(27-21-16(3)8-7-11-28(21)24(19)31)29(20(18)25)14-17-9-5-4-6-10-17/h4-12,15,25H,13-14H2,1-3H3,(H,26,30)/p+1. The van der Waals surface area contributed by atoms with Crippen LogP contribution >= 0.6 is 0 Å². The van der Waals surface area contributed by atoms with E-state index in [1.807, 2.05) is 63.2 Å². The van der Waals surface area contributed by atoms with Gasteiger partial charge in [0.15, 0.2) is 0 Å². The molecule has 3 heterocycles.